The molecule has 0 atom stereocenters. The molecule has 3 heteroatoms. The van der Waals surface area contributed by atoms with Gasteiger partial charge in [0.2, 0.25) is 0 Å². The molecule has 1 heterocycles. The van der Waals surface area contributed by atoms with E-state index in [4.69, 9.17) is 5.73 Å². The van der Waals surface area contributed by atoms with Gasteiger partial charge in [0.15, 0.2) is 0 Å². The molecule has 3 N–H and O–H groups in total. The molecular weight excluding hydrogens is 150 g/mol. The normalized spacial score (nSPS) is 8.25. The quantitative estimate of drug-likeness (QED) is 0.709. The summed E-state index contributed by atoms with van der Waals surface area (Å²) in [6.07, 6.45) is 1.72. The van der Waals surface area contributed by atoms with Gasteiger partial charge in [0.05, 0.1) is 5.69 Å². The lowest BCUT2D eigenvalue weighted by Gasteiger charge is -2.03. The molecule has 1 rings (SSSR count). The van der Waals surface area contributed by atoms with E-state index in [0.717, 1.165) is 12.4 Å². The molecule has 0 amide bonds. The lowest BCUT2D eigenvalue weighted by Crippen LogP contribution is -2.02. The van der Waals surface area contributed by atoms with E-state index in [0.29, 0.717) is 5.69 Å². The summed E-state index contributed by atoms with van der Waals surface area (Å²) in [6, 6.07) is 3.64. The number of nitrogen functional groups attached to an aromatic ring is 1. The van der Waals surface area contributed by atoms with Crippen LogP contribution in [0.1, 0.15) is 20.8 Å². The molecule has 0 unspecified atom stereocenters. The van der Waals surface area contributed by atoms with E-state index in [9.17, 15) is 0 Å². The molecule has 1 aromatic rings. The Labute approximate surface area is 74.0 Å². The summed E-state index contributed by atoms with van der Waals surface area (Å²) in [7, 11) is 0. The van der Waals surface area contributed by atoms with Gasteiger partial charge in [-0.25, -0.2) is 4.98 Å². The van der Waals surface area contributed by atoms with Crippen molar-refractivity contribution in [2.24, 2.45) is 0 Å². The molecule has 68 valence electrons. The third-order valence-corrected chi connectivity index (χ3v) is 1.18. The molecule has 3 nitrogen and oxygen atoms in total. The average molecular weight is 167 g/mol. The first-order valence-corrected chi connectivity index (χ1v) is 4.29. The molecule has 0 spiro atoms. The van der Waals surface area contributed by atoms with Gasteiger partial charge in [-0.1, -0.05) is 13.8 Å². The van der Waals surface area contributed by atoms with E-state index in [1.807, 2.05) is 32.9 Å². The van der Waals surface area contributed by atoms with Gasteiger partial charge in [0.1, 0.15) is 5.82 Å². The Kier molecular flexibility index (Phi) is 5.79. The minimum absolute atomic E-state index is 0.698. The third-order valence-electron chi connectivity index (χ3n) is 1.18. The SMILES string of the molecule is CC.CCNc1ncccc1N. The van der Waals surface area contributed by atoms with Crippen LogP contribution in [0.4, 0.5) is 11.5 Å². The summed E-state index contributed by atoms with van der Waals surface area (Å²) in [4.78, 5) is 4.03. The van der Waals surface area contributed by atoms with Crippen LogP contribution in [0.25, 0.3) is 0 Å². The van der Waals surface area contributed by atoms with Crippen LogP contribution in [0.5, 0.6) is 0 Å². The monoisotopic (exact) mass is 167 g/mol. The highest BCUT2D eigenvalue weighted by Crippen LogP contribution is 2.11. The molecule has 1 aromatic heterocycles. The van der Waals surface area contributed by atoms with Gasteiger partial charge in [-0.15, -0.1) is 0 Å². The van der Waals surface area contributed by atoms with Crippen molar-refractivity contribution in [3.8, 4) is 0 Å². The van der Waals surface area contributed by atoms with Crippen molar-refractivity contribution in [2.75, 3.05) is 17.6 Å². The first kappa shape index (κ1) is 10.8. The van der Waals surface area contributed by atoms with E-state index >= 15 is 0 Å². The topological polar surface area (TPSA) is 50.9 Å². The van der Waals surface area contributed by atoms with Gasteiger partial charge in [-0.05, 0) is 19.1 Å². The van der Waals surface area contributed by atoms with Gasteiger partial charge in [-0.3, -0.25) is 0 Å². The Morgan fingerprint density at radius 2 is 2.17 bits per heavy atom. The molecule has 0 aliphatic heterocycles. The Bertz CT molecular complexity index is 211. The van der Waals surface area contributed by atoms with Gasteiger partial charge in [0, 0.05) is 12.7 Å². The number of anilines is 2. The van der Waals surface area contributed by atoms with Gasteiger partial charge in [0.25, 0.3) is 0 Å². The molecular formula is C9H17N3. The van der Waals surface area contributed by atoms with Gasteiger partial charge in [-0.2, -0.15) is 0 Å². The molecule has 0 aromatic carbocycles. The van der Waals surface area contributed by atoms with E-state index in [1.54, 1.807) is 6.20 Å². The van der Waals surface area contributed by atoms with Crippen molar-refractivity contribution in [3.05, 3.63) is 18.3 Å². The maximum Gasteiger partial charge on any atom is 0.149 e. The van der Waals surface area contributed by atoms with Crippen molar-refractivity contribution in [1.29, 1.82) is 0 Å². The fraction of sp³-hybridized carbons (Fsp3) is 0.444. The minimum Gasteiger partial charge on any atom is -0.396 e. The highest BCUT2D eigenvalue weighted by molar-refractivity contribution is 5.60. The zero-order valence-electron chi connectivity index (χ0n) is 7.96. The molecule has 0 fully saturated rings. The minimum atomic E-state index is 0.698. The van der Waals surface area contributed by atoms with Crippen molar-refractivity contribution in [2.45, 2.75) is 20.8 Å². The number of nitrogens with zero attached hydrogens (tertiary/aromatic N) is 1. The number of nitrogens with two attached hydrogens (primary N) is 1. The third kappa shape index (κ3) is 3.23. The first-order valence-electron chi connectivity index (χ1n) is 4.29. The molecule has 0 radical (unpaired) electrons. The maximum atomic E-state index is 5.58. The average Bonchev–Trinajstić information content (AvgIpc) is 2.13. The van der Waals surface area contributed by atoms with Crippen LogP contribution in [0.2, 0.25) is 0 Å². The van der Waals surface area contributed by atoms with E-state index < -0.39 is 0 Å². The molecule has 0 aliphatic carbocycles. The lowest BCUT2D eigenvalue weighted by molar-refractivity contribution is 1.16. The maximum absolute atomic E-state index is 5.58. The number of aromatic nitrogens is 1. The highest BCUT2D eigenvalue weighted by atomic mass is 15.0. The van der Waals surface area contributed by atoms with Crippen LogP contribution in [0.15, 0.2) is 18.3 Å². The van der Waals surface area contributed by atoms with Crippen molar-refractivity contribution < 1.29 is 0 Å². The molecule has 12 heavy (non-hydrogen) atoms. The van der Waals surface area contributed by atoms with E-state index in [1.165, 1.54) is 0 Å². The van der Waals surface area contributed by atoms with Crippen LogP contribution >= 0.6 is 0 Å². The van der Waals surface area contributed by atoms with Crippen LogP contribution in [-0.4, -0.2) is 11.5 Å². The molecule has 0 aliphatic rings. The summed E-state index contributed by atoms with van der Waals surface area (Å²) in [5, 5.41) is 3.04. The largest absolute Gasteiger partial charge is 0.396 e. The van der Waals surface area contributed by atoms with E-state index in [-0.39, 0.29) is 0 Å². The summed E-state index contributed by atoms with van der Waals surface area (Å²) in [6.45, 7) is 6.86. The zero-order chi connectivity index (χ0) is 9.40. The summed E-state index contributed by atoms with van der Waals surface area (Å²) >= 11 is 0. The summed E-state index contributed by atoms with van der Waals surface area (Å²) < 4.78 is 0. The van der Waals surface area contributed by atoms with Gasteiger partial charge < -0.3 is 11.1 Å². The second-order valence-electron chi connectivity index (χ2n) is 1.97. The predicted octanol–water partition coefficient (Wildman–Crippen LogP) is 2.12. The Hall–Kier alpha value is -1.25. The number of hydrogen-bond donors (Lipinski definition) is 2. The van der Waals surface area contributed by atoms with Crippen molar-refractivity contribution in [3.63, 3.8) is 0 Å². The summed E-state index contributed by atoms with van der Waals surface area (Å²) in [5.74, 6) is 0.769. The lowest BCUT2D eigenvalue weighted by atomic mass is 10.4. The molecule has 0 saturated heterocycles. The van der Waals surface area contributed by atoms with E-state index in [2.05, 4.69) is 10.3 Å². The second-order valence-corrected chi connectivity index (χ2v) is 1.97. The highest BCUT2D eigenvalue weighted by Gasteiger charge is 1.93. The van der Waals surface area contributed by atoms with Crippen molar-refractivity contribution >= 4 is 11.5 Å². The summed E-state index contributed by atoms with van der Waals surface area (Å²) in [5.41, 5.74) is 6.28. The van der Waals surface area contributed by atoms with Gasteiger partial charge >= 0.3 is 0 Å². The smallest absolute Gasteiger partial charge is 0.149 e. The van der Waals surface area contributed by atoms with Crippen LogP contribution in [0.3, 0.4) is 0 Å². The fourth-order valence-corrected chi connectivity index (χ4v) is 0.733. The van der Waals surface area contributed by atoms with Crippen LogP contribution in [-0.2, 0) is 0 Å². The van der Waals surface area contributed by atoms with Crippen LogP contribution < -0.4 is 11.1 Å². The van der Waals surface area contributed by atoms with Crippen LogP contribution in [0, 0.1) is 0 Å². The standard InChI is InChI=1S/C7H11N3.C2H6/c1-2-9-7-6(8)4-3-5-10-7;1-2/h3-5H,2,8H2,1H3,(H,9,10);1-2H3. The zero-order valence-corrected chi connectivity index (χ0v) is 7.96. The number of pyridine rings is 1. The Morgan fingerprint density at radius 3 is 2.67 bits per heavy atom. The Balaban J connectivity index is 0.000000561. The Morgan fingerprint density at radius 1 is 1.50 bits per heavy atom. The first-order chi connectivity index (χ1) is 5.84. The number of hydrogen-bond acceptors (Lipinski definition) is 3. The van der Waals surface area contributed by atoms with Crippen molar-refractivity contribution in [1.82, 2.24) is 4.98 Å². The number of rotatable bonds is 2. The molecule has 0 bridgehead atoms. The predicted molar refractivity (Wildman–Crippen MR) is 54.2 cm³/mol. The fourth-order valence-electron chi connectivity index (χ4n) is 0.733. The second kappa shape index (κ2) is 6.46. The molecule has 0 saturated carbocycles. The number of nitrogens with one attached hydrogen (secondary N) is 1.